The Bertz CT molecular complexity index is 492. The van der Waals surface area contributed by atoms with Gasteiger partial charge in [0.1, 0.15) is 0 Å². The van der Waals surface area contributed by atoms with Crippen LogP contribution in [-0.2, 0) is 15.0 Å². The Morgan fingerprint density at radius 3 is 2.30 bits per heavy atom. The third kappa shape index (κ3) is 2.84. The zero-order chi connectivity index (χ0) is 14.8. The standard InChI is InChI=1S/C16H21NO3/c1-11(2)13(14(18)19)10-17-15(20)16(8-9-16)12-6-4-3-5-7-12/h3-7,11,13H,8-10H2,1-2H3,(H,17,20)(H,18,19). The summed E-state index contributed by atoms with van der Waals surface area (Å²) in [5.74, 6) is -1.44. The highest BCUT2D eigenvalue weighted by molar-refractivity contribution is 5.91. The van der Waals surface area contributed by atoms with E-state index in [9.17, 15) is 9.59 Å². The number of carboxylic acids is 1. The highest BCUT2D eigenvalue weighted by Gasteiger charge is 2.51. The van der Waals surface area contributed by atoms with E-state index in [-0.39, 0.29) is 18.4 Å². The Morgan fingerprint density at radius 1 is 1.25 bits per heavy atom. The minimum absolute atomic E-state index is 0.000298. The summed E-state index contributed by atoms with van der Waals surface area (Å²) in [6.07, 6.45) is 1.67. The van der Waals surface area contributed by atoms with Crippen molar-refractivity contribution in [3.8, 4) is 0 Å². The van der Waals surface area contributed by atoms with Gasteiger partial charge in [0.15, 0.2) is 0 Å². The Labute approximate surface area is 119 Å². The summed E-state index contributed by atoms with van der Waals surface area (Å²) in [5, 5.41) is 12.0. The van der Waals surface area contributed by atoms with Crippen molar-refractivity contribution in [2.45, 2.75) is 32.1 Å². The molecule has 4 heteroatoms. The summed E-state index contributed by atoms with van der Waals surface area (Å²) in [6.45, 7) is 3.91. The van der Waals surface area contributed by atoms with Gasteiger partial charge in [0.25, 0.3) is 0 Å². The maximum Gasteiger partial charge on any atom is 0.308 e. The molecule has 1 saturated carbocycles. The minimum atomic E-state index is -0.857. The molecule has 1 aliphatic rings. The van der Waals surface area contributed by atoms with E-state index in [0.29, 0.717) is 0 Å². The molecule has 1 atom stereocenters. The van der Waals surface area contributed by atoms with Crippen molar-refractivity contribution in [1.82, 2.24) is 5.32 Å². The fourth-order valence-corrected chi connectivity index (χ4v) is 2.51. The number of rotatable bonds is 6. The zero-order valence-electron chi connectivity index (χ0n) is 11.9. The Morgan fingerprint density at radius 2 is 1.85 bits per heavy atom. The molecule has 0 heterocycles. The van der Waals surface area contributed by atoms with Gasteiger partial charge in [-0.2, -0.15) is 0 Å². The number of aliphatic carboxylic acids is 1. The van der Waals surface area contributed by atoms with Gasteiger partial charge in [-0.3, -0.25) is 9.59 Å². The molecule has 0 spiro atoms. The monoisotopic (exact) mass is 275 g/mol. The lowest BCUT2D eigenvalue weighted by atomic mass is 9.93. The first-order valence-corrected chi connectivity index (χ1v) is 7.04. The van der Waals surface area contributed by atoms with E-state index >= 15 is 0 Å². The zero-order valence-corrected chi connectivity index (χ0v) is 11.9. The predicted octanol–water partition coefficient (Wildman–Crippen LogP) is 2.19. The summed E-state index contributed by atoms with van der Waals surface area (Å²) < 4.78 is 0. The van der Waals surface area contributed by atoms with Crippen molar-refractivity contribution < 1.29 is 14.7 Å². The molecule has 1 amide bonds. The van der Waals surface area contributed by atoms with E-state index in [4.69, 9.17) is 5.11 Å². The lowest BCUT2D eigenvalue weighted by Gasteiger charge is -2.20. The SMILES string of the molecule is CC(C)C(CNC(=O)C1(c2ccccc2)CC1)C(=O)O. The third-order valence-electron chi connectivity index (χ3n) is 4.12. The molecule has 1 aliphatic carbocycles. The van der Waals surface area contributed by atoms with Crippen LogP contribution in [0.1, 0.15) is 32.3 Å². The number of carbonyl (C=O) groups is 2. The second kappa shape index (κ2) is 5.65. The van der Waals surface area contributed by atoms with Crippen LogP contribution in [-0.4, -0.2) is 23.5 Å². The molecule has 0 bridgehead atoms. The van der Waals surface area contributed by atoms with Crippen molar-refractivity contribution in [2.75, 3.05) is 6.54 Å². The molecule has 2 N–H and O–H groups in total. The molecule has 0 saturated heterocycles. The quantitative estimate of drug-likeness (QED) is 0.836. The van der Waals surface area contributed by atoms with Crippen LogP contribution in [0.5, 0.6) is 0 Å². The van der Waals surface area contributed by atoms with Crippen LogP contribution in [0, 0.1) is 11.8 Å². The van der Waals surface area contributed by atoms with Crippen molar-refractivity contribution in [2.24, 2.45) is 11.8 Å². The average molecular weight is 275 g/mol. The largest absolute Gasteiger partial charge is 0.481 e. The highest BCUT2D eigenvalue weighted by Crippen LogP contribution is 2.48. The van der Waals surface area contributed by atoms with Gasteiger partial charge >= 0.3 is 5.97 Å². The molecule has 4 nitrogen and oxygen atoms in total. The van der Waals surface area contributed by atoms with Gasteiger partial charge in [-0.1, -0.05) is 44.2 Å². The number of amides is 1. The topological polar surface area (TPSA) is 66.4 Å². The molecule has 1 fully saturated rings. The second-order valence-corrected chi connectivity index (χ2v) is 5.85. The fraction of sp³-hybridized carbons (Fsp3) is 0.500. The molecule has 0 radical (unpaired) electrons. The molecule has 1 aromatic carbocycles. The van der Waals surface area contributed by atoms with E-state index in [2.05, 4.69) is 5.32 Å². The first-order chi connectivity index (χ1) is 9.47. The van der Waals surface area contributed by atoms with Crippen LogP contribution in [0.4, 0.5) is 0 Å². The molecule has 20 heavy (non-hydrogen) atoms. The molecule has 0 aromatic heterocycles. The van der Waals surface area contributed by atoms with Gasteiger partial charge in [0.2, 0.25) is 5.91 Å². The lowest BCUT2D eigenvalue weighted by Crippen LogP contribution is -2.40. The van der Waals surface area contributed by atoms with Crippen LogP contribution in [0.15, 0.2) is 30.3 Å². The Balaban J connectivity index is 2.01. The van der Waals surface area contributed by atoms with Crippen LogP contribution in [0.2, 0.25) is 0 Å². The predicted molar refractivity (Wildman–Crippen MR) is 76.3 cm³/mol. The van der Waals surface area contributed by atoms with Crippen molar-refractivity contribution in [3.05, 3.63) is 35.9 Å². The van der Waals surface area contributed by atoms with Gasteiger partial charge in [0, 0.05) is 6.54 Å². The van der Waals surface area contributed by atoms with Gasteiger partial charge in [-0.05, 0) is 24.3 Å². The van der Waals surface area contributed by atoms with Crippen LogP contribution < -0.4 is 5.32 Å². The maximum atomic E-state index is 12.4. The first-order valence-electron chi connectivity index (χ1n) is 7.04. The molecule has 1 unspecified atom stereocenters. The number of carbonyl (C=O) groups excluding carboxylic acids is 1. The van der Waals surface area contributed by atoms with Crippen LogP contribution in [0.3, 0.4) is 0 Å². The highest BCUT2D eigenvalue weighted by atomic mass is 16.4. The van der Waals surface area contributed by atoms with Gasteiger partial charge in [-0.15, -0.1) is 0 Å². The Kier molecular flexibility index (Phi) is 4.12. The number of nitrogens with one attached hydrogen (secondary N) is 1. The number of hydrogen-bond acceptors (Lipinski definition) is 2. The minimum Gasteiger partial charge on any atom is -0.481 e. The molecule has 1 aromatic rings. The third-order valence-corrected chi connectivity index (χ3v) is 4.12. The summed E-state index contributed by atoms with van der Waals surface area (Å²) in [6, 6.07) is 9.71. The summed E-state index contributed by atoms with van der Waals surface area (Å²) in [7, 11) is 0. The average Bonchev–Trinajstić information content (AvgIpc) is 3.20. The molecular weight excluding hydrogens is 254 g/mol. The van der Waals surface area contributed by atoms with E-state index in [0.717, 1.165) is 18.4 Å². The smallest absolute Gasteiger partial charge is 0.308 e. The Hall–Kier alpha value is -1.84. The summed E-state index contributed by atoms with van der Waals surface area (Å²) in [4.78, 5) is 23.5. The second-order valence-electron chi connectivity index (χ2n) is 5.85. The molecule has 108 valence electrons. The fourth-order valence-electron chi connectivity index (χ4n) is 2.51. The molecule has 2 rings (SSSR count). The van der Waals surface area contributed by atoms with Gasteiger partial charge in [0.05, 0.1) is 11.3 Å². The van der Waals surface area contributed by atoms with Gasteiger partial charge < -0.3 is 10.4 Å². The maximum absolute atomic E-state index is 12.4. The molecule has 0 aliphatic heterocycles. The number of benzene rings is 1. The van der Waals surface area contributed by atoms with E-state index < -0.39 is 17.3 Å². The normalized spacial score (nSPS) is 17.6. The van der Waals surface area contributed by atoms with Crippen molar-refractivity contribution >= 4 is 11.9 Å². The number of hydrogen-bond donors (Lipinski definition) is 2. The first kappa shape index (κ1) is 14.6. The van der Waals surface area contributed by atoms with Crippen molar-refractivity contribution in [3.63, 3.8) is 0 Å². The van der Waals surface area contributed by atoms with Crippen LogP contribution in [0.25, 0.3) is 0 Å². The number of carboxylic acid groups (broad SMARTS) is 1. The van der Waals surface area contributed by atoms with Crippen molar-refractivity contribution in [1.29, 1.82) is 0 Å². The summed E-state index contributed by atoms with van der Waals surface area (Å²) in [5.41, 5.74) is 0.593. The molecular formula is C16H21NO3. The van der Waals surface area contributed by atoms with Gasteiger partial charge in [-0.25, -0.2) is 0 Å². The summed E-state index contributed by atoms with van der Waals surface area (Å²) >= 11 is 0. The van der Waals surface area contributed by atoms with E-state index in [1.807, 2.05) is 44.2 Å². The van der Waals surface area contributed by atoms with E-state index in [1.165, 1.54) is 0 Å². The van der Waals surface area contributed by atoms with E-state index in [1.54, 1.807) is 0 Å². The lowest BCUT2D eigenvalue weighted by molar-refractivity contribution is -0.143. The van der Waals surface area contributed by atoms with Crippen LogP contribution >= 0.6 is 0 Å².